The topological polar surface area (TPSA) is 73.8 Å². The number of hydrogen-bond acceptors (Lipinski definition) is 8. The van der Waals surface area contributed by atoms with Crippen LogP contribution < -0.4 is 79.4 Å². The summed E-state index contributed by atoms with van der Waals surface area (Å²) in [7, 11) is 3.35. The molecular formula is C40H56O8Si4. The first kappa shape index (κ1) is 39.4. The van der Waals surface area contributed by atoms with Crippen LogP contribution in [0.5, 0.6) is 46.0 Å². The average molecular weight is 777 g/mol. The van der Waals surface area contributed by atoms with Crippen LogP contribution >= 0.6 is 0 Å². The van der Waals surface area contributed by atoms with Crippen molar-refractivity contribution < 1.29 is 37.9 Å². The third-order valence-corrected chi connectivity index (χ3v) is 25.1. The predicted molar refractivity (Wildman–Crippen MR) is 225 cm³/mol. The van der Waals surface area contributed by atoms with E-state index in [1.165, 1.54) is 0 Å². The van der Waals surface area contributed by atoms with Crippen LogP contribution in [-0.4, -0.2) is 89.2 Å². The molecule has 0 atom stereocenters. The van der Waals surface area contributed by atoms with E-state index in [9.17, 15) is 0 Å². The molecule has 4 aromatic carbocycles. The van der Waals surface area contributed by atoms with Crippen LogP contribution in [0.3, 0.4) is 0 Å². The molecule has 280 valence electrons. The van der Waals surface area contributed by atoms with E-state index in [0.717, 1.165) is 87.5 Å². The second-order valence-corrected chi connectivity index (χ2v) is 32.8. The molecule has 0 aromatic heterocycles. The second-order valence-electron chi connectivity index (χ2n) is 15.5. The molecule has 1 heterocycles. The first-order valence-corrected chi connectivity index (χ1v) is 29.5. The van der Waals surface area contributed by atoms with Crippen LogP contribution in [-0.2, 0) is 0 Å². The van der Waals surface area contributed by atoms with Gasteiger partial charge in [-0.3, -0.25) is 0 Å². The minimum atomic E-state index is -2.68. The molecule has 0 radical (unpaired) electrons. The molecule has 0 saturated carbocycles. The van der Waals surface area contributed by atoms with Gasteiger partial charge in [-0.1, -0.05) is 52.4 Å². The Bertz CT molecular complexity index is 1610. The Morgan fingerprint density at radius 2 is 0.385 bits per heavy atom. The number of ether oxygens (including phenoxy) is 8. The van der Waals surface area contributed by atoms with Crippen LogP contribution in [0.15, 0.2) is 48.5 Å². The van der Waals surface area contributed by atoms with E-state index >= 15 is 0 Å². The van der Waals surface area contributed by atoms with Gasteiger partial charge in [0.05, 0.1) is 56.9 Å². The molecule has 0 spiro atoms. The van der Waals surface area contributed by atoms with E-state index < -0.39 is 32.3 Å². The summed E-state index contributed by atoms with van der Waals surface area (Å²) in [5, 5.41) is 8.94. The smallest absolute Gasteiger partial charge is 0.122 e. The van der Waals surface area contributed by atoms with Gasteiger partial charge in [-0.05, 0) is 90.0 Å². The molecule has 5 rings (SSSR count). The highest BCUT2D eigenvalue weighted by atomic mass is 28.3. The molecule has 8 nitrogen and oxygen atoms in total. The van der Waals surface area contributed by atoms with Crippen molar-refractivity contribution in [2.24, 2.45) is 0 Å². The Morgan fingerprint density at radius 1 is 0.250 bits per heavy atom. The standard InChI is InChI=1S/C40H56O8Si4/c1-41-25-17-29-37(45-5)30(18-25)50(11,12)32-20-27(43-3)22-34(39(32)47-7)52(15,16)36-24-28(44-4)23-35(40(36)48-8)51(13,14)33-21-26(42-2)19-31(38(33)46-6)49(29,9)10/h17-24H,1-16H3. The number of fused-ring (bicyclic) bond motifs is 8. The van der Waals surface area contributed by atoms with Gasteiger partial charge in [-0.2, -0.15) is 0 Å². The lowest BCUT2D eigenvalue weighted by molar-refractivity contribution is 0.406. The number of methoxy groups -OCH3 is 8. The van der Waals surface area contributed by atoms with Gasteiger partial charge in [0, 0.05) is 0 Å². The molecule has 4 aromatic rings. The minimum Gasteiger partial charge on any atom is -0.497 e. The van der Waals surface area contributed by atoms with E-state index in [0.29, 0.717) is 0 Å². The van der Waals surface area contributed by atoms with E-state index in [1.54, 1.807) is 56.9 Å². The molecule has 0 unspecified atom stereocenters. The quantitative estimate of drug-likeness (QED) is 0.253. The Hall–Kier alpha value is -3.85. The molecule has 52 heavy (non-hydrogen) atoms. The molecule has 8 bridgehead atoms. The van der Waals surface area contributed by atoms with Crippen LogP contribution in [0.2, 0.25) is 52.4 Å². The van der Waals surface area contributed by atoms with Crippen LogP contribution in [0.1, 0.15) is 0 Å². The lowest BCUT2D eigenvalue weighted by Gasteiger charge is -2.38. The fourth-order valence-corrected chi connectivity index (χ4v) is 20.2. The fourth-order valence-electron chi connectivity index (χ4n) is 8.05. The van der Waals surface area contributed by atoms with Crippen LogP contribution in [0.25, 0.3) is 0 Å². The SMILES string of the molecule is COc1cc2c(OC)c(c1)[Si](C)(C)c1cc(OC)cc(c1OC)[Si](C)(C)c1cc(OC)cc(c1OC)[Si](C)(C)c1cc(OC)cc(c1OC)[Si]2(C)C. The summed E-state index contributed by atoms with van der Waals surface area (Å²) in [6, 6.07) is 17.3. The maximum absolute atomic E-state index is 6.52. The van der Waals surface area contributed by atoms with Crippen molar-refractivity contribution in [1.82, 2.24) is 0 Å². The van der Waals surface area contributed by atoms with Crippen molar-refractivity contribution in [2.75, 3.05) is 56.9 Å². The van der Waals surface area contributed by atoms with E-state index in [4.69, 9.17) is 37.9 Å². The van der Waals surface area contributed by atoms with Crippen molar-refractivity contribution in [3.63, 3.8) is 0 Å². The third-order valence-electron chi connectivity index (χ3n) is 11.4. The fraction of sp³-hybridized carbons (Fsp3) is 0.400. The van der Waals surface area contributed by atoms with Gasteiger partial charge in [0.15, 0.2) is 0 Å². The molecule has 12 heteroatoms. The maximum Gasteiger partial charge on any atom is 0.122 e. The number of hydrogen-bond donors (Lipinski definition) is 0. The predicted octanol–water partition coefficient (Wildman–Crippen LogP) is 3.36. The molecule has 1 aliphatic heterocycles. The summed E-state index contributed by atoms with van der Waals surface area (Å²) >= 11 is 0. The normalized spacial score (nSPS) is 16.3. The van der Waals surface area contributed by atoms with Crippen molar-refractivity contribution in [3.05, 3.63) is 48.5 Å². The minimum absolute atomic E-state index is 0.786. The maximum atomic E-state index is 6.52. The van der Waals surface area contributed by atoms with Gasteiger partial charge >= 0.3 is 0 Å². The second kappa shape index (κ2) is 14.2. The lowest BCUT2D eigenvalue weighted by atomic mass is 10.3. The van der Waals surface area contributed by atoms with Crippen molar-refractivity contribution in [2.45, 2.75) is 52.4 Å². The van der Waals surface area contributed by atoms with Gasteiger partial charge in [-0.15, -0.1) is 0 Å². The van der Waals surface area contributed by atoms with Gasteiger partial charge in [-0.25, -0.2) is 0 Å². The van der Waals surface area contributed by atoms with E-state index in [2.05, 4.69) is 101 Å². The Labute approximate surface area is 314 Å². The summed E-state index contributed by atoms with van der Waals surface area (Å²) in [5.41, 5.74) is 0. The molecule has 1 aliphatic rings. The zero-order valence-corrected chi connectivity index (χ0v) is 37.9. The molecule has 0 aliphatic carbocycles. The largest absolute Gasteiger partial charge is 0.497 e. The van der Waals surface area contributed by atoms with Crippen molar-refractivity contribution in [1.29, 1.82) is 0 Å². The van der Waals surface area contributed by atoms with E-state index in [1.807, 2.05) is 0 Å². The zero-order chi connectivity index (χ0) is 38.6. The molecular weight excluding hydrogens is 721 g/mol. The highest BCUT2D eigenvalue weighted by molar-refractivity contribution is 7.07. The number of rotatable bonds is 8. The van der Waals surface area contributed by atoms with Crippen LogP contribution in [0, 0.1) is 0 Å². The van der Waals surface area contributed by atoms with Crippen molar-refractivity contribution >= 4 is 73.8 Å². The summed E-state index contributed by atoms with van der Waals surface area (Å²) in [5.74, 6) is 6.66. The van der Waals surface area contributed by atoms with Crippen LogP contribution in [0.4, 0.5) is 0 Å². The Balaban J connectivity index is 2.14. The first-order valence-electron chi connectivity index (χ1n) is 17.5. The molecule has 0 amide bonds. The summed E-state index contributed by atoms with van der Waals surface area (Å²) in [6.07, 6.45) is 0. The van der Waals surface area contributed by atoms with Gasteiger partial charge in [0.2, 0.25) is 0 Å². The Morgan fingerprint density at radius 3 is 0.481 bits per heavy atom. The lowest BCUT2D eigenvalue weighted by Crippen LogP contribution is -2.63. The monoisotopic (exact) mass is 776 g/mol. The average Bonchev–Trinajstić information content (AvgIpc) is 3.14. The van der Waals surface area contributed by atoms with E-state index in [-0.39, 0.29) is 0 Å². The number of benzene rings is 4. The highest BCUT2D eigenvalue weighted by Gasteiger charge is 2.45. The highest BCUT2D eigenvalue weighted by Crippen LogP contribution is 2.32. The summed E-state index contributed by atoms with van der Waals surface area (Å²) < 4.78 is 50.4. The Kier molecular flexibility index (Phi) is 10.7. The molecule has 0 saturated heterocycles. The van der Waals surface area contributed by atoms with Gasteiger partial charge in [0.25, 0.3) is 0 Å². The third kappa shape index (κ3) is 6.10. The molecule has 0 fully saturated rings. The summed E-state index contributed by atoms with van der Waals surface area (Å²) in [4.78, 5) is 0. The van der Waals surface area contributed by atoms with Crippen molar-refractivity contribution in [3.8, 4) is 46.0 Å². The molecule has 0 N–H and O–H groups in total. The van der Waals surface area contributed by atoms with Gasteiger partial charge < -0.3 is 37.9 Å². The first-order chi connectivity index (χ1) is 24.4. The van der Waals surface area contributed by atoms with Gasteiger partial charge in [0.1, 0.15) is 78.3 Å². The zero-order valence-electron chi connectivity index (χ0n) is 33.9. The summed E-state index contributed by atoms with van der Waals surface area (Å²) in [6.45, 7) is 18.8.